The molecule has 5 nitrogen and oxygen atoms in total. The quantitative estimate of drug-likeness (QED) is 0.868. The Bertz CT molecular complexity index is 641. The highest BCUT2D eigenvalue weighted by molar-refractivity contribution is 5.44. The molecule has 1 aliphatic heterocycles. The van der Waals surface area contributed by atoms with Crippen molar-refractivity contribution in [3.63, 3.8) is 0 Å². The van der Waals surface area contributed by atoms with Crippen molar-refractivity contribution in [1.29, 1.82) is 0 Å². The number of benzene rings is 1. The second kappa shape index (κ2) is 4.20. The monoisotopic (exact) mass is 285 g/mol. The predicted octanol–water partition coefficient (Wildman–Crippen LogP) is 2.07. The van der Waals surface area contributed by atoms with E-state index in [2.05, 4.69) is 14.7 Å². The van der Waals surface area contributed by atoms with E-state index in [0.717, 1.165) is 0 Å². The molecule has 0 aliphatic carbocycles. The molecular formula is C12H10F3N3O2. The van der Waals surface area contributed by atoms with E-state index >= 15 is 0 Å². The number of halogens is 3. The molecule has 20 heavy (non-hydrogen) atoms. The molecule has 1 aliphatic rings. The summed E-state index contributed by atoms with van der Waals surface area (Å²) in [5.41, 5.74) is 5.51. The number of hydrogen-bond acceptors (Lipinski definition) is 5. The lowest BCUT2D eigenvalue weighted by Crippen LogP contribution is -2.43. The largest absolute Gasteiger partial charge is 0.493 e. The molecule has 2 heterocycles. The first-order valence-electron chi connectivity index (χ1n) is 5.84. The van der Waals surface area contributed by atoms with Gasteiger partial charge in [-0.2, -0.15) is 18.2 Å². The third-order valence-corrected chi connectivity index (χ3v) is 3.19. The summed E-state index contributed by atoms with van der Waals surface area (Å²) in [4.78, 5) is 3.39. The summed E-state index contributed by atoms with van der Waals surface area (Å²) >= 11 is 0. The van der Waals surface area contributed by atoms with Crippen molar-refractivity contribution in [3.8, 4) is 5.75 Å². The van der Waals surface area contributed by atoms with Gasteiger partial charge in [-0.1, -0.05) is 23.4 Å². The van der Waals surface area contributed by atoms with Gasteiger partial charge in [0.05, 0.1) is 6.61 Å². The molecule has 0 amide bonds. The molecule has 1 aromatic carbocycles. The van der Waals surface area contributed by atoms with Gasteiger partial charge < -0.3 is 15.0 Å². The zero-order valence-corrected chi connectivity index (χ0v) is 10.1. The zero-order chi connectivity index (χ0) is 14.4. The highest BCUT2D eigenvalue weighted by Crippen LogP contribution is 2.39. The van der Waals surface area contributed by atoms with E-state index in [4.69, 9.17) is 10.5 Å². The van der Waals surface area contributed by atoms with E-state index in [9.17, 15) is 13.2 Å². The van der Waals surface area contributed by atoms with Crippen molar-refractivity contribution in [2.75, 3.05) is 6.61 Å². The van der Waals surface area contributed by atoms with Crippen LogP contribution in [0.3, 0.4) is 0 Å². The third kappa shape index (κ3) is 1.92. The first-order chi connectivity index (χ1) is 9.41. The first-order valence-corrected chi connectivity index (χ1v) is 5.84. The van der Waals surface area contributed by atoms with Crippen LogP contribution in [0.2, 0.25) is 0 Å². The SMILES string of the molecule is NC1(c2noc(C(F)(F)F)n2)CCOc2ccccc21. The summed E-state index contributed by atoms with van der Waals surface area (Å²) < 4.78 is 47.3. The van der Waals surface area contributed by atoms with Crippen LogP contribution < -0.4 is 10.5 Å². The van der Waals surface area contributed by atoms with Gasteiger partial charge in [0.25, 0.3) is 0 Å². The van der Waals surface area contributed by atoms with Crippen molar-refractivity contribution in [1.82, 2.24) is 10.1 Å². The summed E-state index contributed by atoms with van der Waals surface area (Å²) in [6.45, 7) is 0.267. The molecule has 3 rings (SSSR count). The number of nitrogens with two attached hydrogens (primary N) is 1. The second-order valence-electron chi connectivity index (χ2n) is 4.49. The number of alkyl halides is 3. The lowest BCUT2D eigenvalue weighted by Gasteiger charge is -2.32. The Morgan fingerprint density at radius 2 is 2.00 bits per heavy atom. The molecule has 0 spiro atoms. The minimum atomic E-state index is -4.69. The second-order valence-corrected chi connectivity index (χ2v) is 4.49. The molecule has 1 atom stereocenters. The molecular weight excluding hydrogens is 275 g/mol. The van der Waals surface area contributed by atoms with Crippen molar-refractivity contribution < 1.29 is 22.4 Å². The summed E-state index contributed by atoms with van der Waals surface area (Å²) in [5, 5.41) is 3.39. The van der Waals surface area contributed by atoms with Gasteiger partial charge >= 0.3 is 12.1 Å². The topological polar surface area (TPSA) is 74.2 Å². The maximum atomic E-state index is 12.5. The third-order valence-electron chi connectivity index (χ3n) is 3.19. The number of fused-ring (bicyclic) bond motifs is 1. The van der Waals surface area contributed by atoms with Crippen LogP contribution in [0, 0.1) is 0 Å². The molecule has 8 heteroatoms. The lowest BCUT2D eigenvalue weighted by atomic mass is 9.85. The minimum absolute atomic E-state index is 0.194. The molecule has 0 bridgehead atoms. The molecule has 106 valence electrons. The highest BCUT2D eigenvalue weighted by atomic mass is 19.4. The Morgan fingerprint density at radius 3 is 2.70 bits per heavy atom. The van der Waals surface area contributed by atoms with Crippen LogP contribution in [0.4, 0.5) is 13.2 Å². The minimum Gasteiger partial charge on any atom is -0.493 e. The van der Waals surface area contributed by atoms with Crippen molar-refractivity contribution >= 4 is 0 Å². The van der Waals surface area contributed by atoms with E-state index in [1.165, 1.54) is 0 Å². The molecule has 1 aromatic heterocycles. The van der Waals surface area contributed by atoms with Gasteiger partial charge in [0.15, 0.2) is 5.82 Å². The molecule has 0 saturated heterocycles. The van der Waals surface area contributed by atoms with Gasteiger partial charge in [-0.25, -0.2) is 0 Å². The zero-order valence-electron chi connectivity index (χ0n) is 10.1. The highest BCUT2D eigenvalue weighted by Gasteiger charge is 2.44. The summed E-state index contributed by atoms with van der Waals surface area (Å²) in [5.74, 6) is -1.08. The Labute approximate surface area is 111 Å². The van der Waals surface area contributed by atoms with Crippen molar-refractivity contribution in [2.45, 2.75) is 18.1 Å². The fourth-order valence-corrected chi connectivity index (χ4v) is 2.17. The predicted molar refractivity (Wildman–Crippen MR) is 60.8 cm³/mol. The van der Waals surface area contributed by atoms with Crippen LogP contribution in [0.25, 0.3) is 0 Å². The van der Waals surface area contributed by atoms with Gasteiger partial charge in [-0.3, -0.25) is 0 Å². The summed E-state index contributed by atoms with van der Waals surface area (Å²) in [6, 6.07) is 6.85. The van der Waals surface area contributed by atoms with Gasteiger partial charge in [0.1, 0.15) is 11.3 Å². The van der Waals surface area contributed by atoms with Crippen LogP contribution in [-0.4, -0.2) is 16.7 Å². The van der Waals surface area contributed by atoms with E-state index < -0.39 is 17.6 Å². The Hall–Kier alpha value is -2.09. The molecule has 2 N–H and O–H groups in total. The molecule has 1 unspecified atom stereocenters. The maximum Gasteiger partial charge on any atom is 0.471 e. The number of hydrogen-bond donors (Lipinski definition) is 1. The average molecular weight is 285 g/mol. The van der Waals surface area contributed by atoms with Crippen LogP contribution in [0.5, 0.6) is 5.75 Å². The van der Waals surface area contributed by atoms with Crippen molar-refractivity contribution in [3.05, 3.63) is 41.5 Å². The number of ether oxygens (including phenoxy) is 1. The van der Waals surface area contributed by atoms with Crippen LogP contribution in [0.15, 0.2) is 28.8 Å². The number of para-hydroxylation sites is 1. The fraction of sp³-hybridized carbons (Fsp3) is 0.333. The van der Waals surface area contributed by atoms with Gasteiger partial charge in [0.2, 0.25) is 0 Å². The van der Waals surface area contributed by atoms with Crippen LogP contribution in [-0.2, 0) is 11.7 Å². The van der Waals surface area contributed by atoms with Crippen molar-refractivity contribution in [2.24, 2.45) is 5.73 Å². The standard InChI is InChI=1S/C12H10F3N3O2/c13-12(14,15)10-17-9(18-20-10)11(16)5-6-19-8-4-2-1-3-7(8)11/h1-4H,5-6,16H2. The lowest BCUT2D eigenvalue weighted by molar-refractivity contribution is -0.159. The average Bonchev–Trinajstić information content (AvgIpc) is 2.89. The Balaban J connectivity index is 2.08. The Morgan fingerprint density at radius 1 is 1.25 bits per heavy atom. The summed E-state index contributed by atoms with van der Waals surface area (Å²) in [7, 11) is 0. The maximum absolute atomic E-state index is 12.5. The van der Waals surface area contributed by atoms with Crippen LogP contribution in [0.1, 0.15) is 23.7 Å². The normalized spacial score (nSPS) is 22.2. The van der Waals surface area contributed by atoms with E-state index in [1.807, 2.05) is 0 Å². The van der Waals surface area contributed by atoms with E-state index in [1.54, 1.807) is 24.3 Å². The number of nitrogens with zero attached hydrogens (tertiary/aromatic N) is 2. The van der Waals surface area contributed by atoms with Gasteiger partial charge in [-0.05, 0) is 6.07 Å². The van der Waals surface area contributed by atoms with Crippen LogP contribution >= 0.6 is 0 Å². The molecule has 2 aromatic rings. The summed E-state index contributed by atoms with van der Waals surface area (Å²) in [6.07, 6.45) is -4.42. The molecule has 0 saturated carbocycles. The fourth-order valence-electron chi connectivity index (χ4n) is 2.17. The molecule has 0 radical (unpaired) electrons. The molecule has 0 fully saturated rings. The van der Waals surface area contributed by atoms with E-state index in [-0.39, 0.29) is 18.9 Å². The first kappa shape index (κ1) is 12.9. The van der Waals surface area contributed by atoms with E-state index in [0.29, 0.717) is 11.3 Å². The smallest absolute Gasteiger partial charge is 0.471 e. The van der Waals surface area contributed by atoms with Gasteiger partial charge in [-0.15, -0.1) is 0 Å². The van der Waals surface area contributed by atoms with Gasteiger partial charge in [0, 0.05) is 12.0 Å². The Kier molecular flexibility index (Phi) is 2.72. The number of rotatable bonds is 1. The number of aromatic nitrogens is 2.